The molecule has 176 valence electrons. The van der Waals surface area contributed by atoms with Gasteiger partial charge in [0, 0.05) is 39.9 Å². The Morgan fingerprint density at radius 1 is 0.794 bits per heavy atom. The normalized spacial score (nSPS) is 26.4. The average Bonchev–Trinajstić information content (AvgIpc) is 3.63. The molecule has 1 saturated carbocycles. The Hall–Kier alpha value is -2.70. The number of nitrogens with one attached hydrogen (secondary N) is 4. The number of H-pyrrole nitrogens is 2. The number of benzene rings is 2. The second-order valence-corrected chi connectivity index (χ2v) is 10.6. The largest absolute Gasteiger partial charge is 0.353 e. The van der Waals surface area contributed by atoms with Crippen LogP contribution in [0.5, 0.6) is 0 Å². The SMILES string of the molecule is Fc1ccc2c(C[C@@H]3CCCN3)c(-c3[nH]c4cc(F)ccc4c3C[C@H]3N[C@@H]4CC[C@H]3C4)[nH]c2c1. The molecule has 3 fully saturated rings. The van der Waals surface area contributed by atoms with Crippen molar-refractivity contribution in [1.82, 2.24) is 20.6 Å². The number of halogens is 2. The summed E-state index contributed by atoms with van der Waals surface area (Å²) >= 11 is 0. The van der Waals surface area contributed by atoms with Crippen molar-refractivity contribution in [3.63, 3.8) is 0 Å². The van der Waals surface area contributed by atoms with E-state index in [1.807, 2.05) is 12.1 Å². The van der Waals surface area contributed by atoms with Gasteiger partial charge in [-0.2, -0.15) is 0 Å². The second-order valence-electron chi connectivity index (χ2n) is 10.6. The summed E-state index contributed by atoms with van der Waals surface area (Å²) in [6.45, 7) is 1.05. The van der Waals surface area contributed by atoms with Crippen LogP contribution >= 0.6 is 0 Å². The van der Waals surface area contributed by atoms with Crippen molar-refractivity contribution in [1.29, 1.82) is 0 Å². The van der Waals surface area contributed by atoms with Crippen LogP contribution in [0.1, 0.15) is 43.2 Å². The first-order valence-corrected chi connectivity index (χ1v) is 12.7. The van der Waals surface area contributed by atoms with Crippen LogP contribution in [-0.2, 0) is 12.8 Å². The molecule has 3 aliphatic rings. The van der Waals surface area contributed by atoms with Gasteiger partial charge in [0.1, 0.15) is 11.6 Å². The molecule has 2 aromatic heterocycles. The zero-order valence-electron chi connectivity index (χ0n) is 19.2. The molecule has 4 aromatic rings. The number of hydrogen-bond donors (Lipinski definition) is 4. The molecular formula is C28H30F2N4. The lowest BCUT2D eigenvalue weighted by Gasteiger charge is -2.23. The van der Waals surface area contributed by atoms with Gasteiger partial charge in [-0.3, -0.25) is 0 Å². The summed E-state index contributed by atoms with van der Waals surface area (Å²) in [6, 6.07) is 11.6. The van der Waals surface area contributed by atoms with Gasteiger partial charge in [-0.25, -0.2) is 8.78 Å². The summed E-state index contributed by atoms with van der Waals surface area (Å²) in [7, 11) is 0. The first kappa shape index (κ1) is 20.7. The summed E-state index contributed by atoms with van der Waals surface area (Å²) in [4.78, 5) is 7.12. The number of fused-ring (bicyclic) bond motifs is 4. The third-order valence-corrected chi connectivity index (χ3v) is 8.52. The molecule has 4 heterocycles. The minimum Gasteiger partial charge on any atom is -0.353 e. The minimum absolute atomic E-state index is 0.237. The molecular weight excluding hydrogens is 430 g/mol. The smallest absolute Gasteiger partial charge is 0.125 e. The summed E-state index contributed by atoms with van der Waals surface area (Å²) in [5.74, 6) is 0.233. The maximum Gasteiger partial charge on any atom is 0.125 e. The molecule has 2 aromatic carbocycles. The Kier molecular flexibility index (Phi) is 4.81. The van der Waals surface area contributed by atoms with E-state index in [0.29, 0.717) is 24.0 Å². The molecule has 2 aliphatic heterocycles. The third-order valence-electron chi connectivity index (χ3n) is 8.52. The average molecular weight is 461 g/mol. The van der Waals surface area contributed by atoms with Gasteiger partial charge in [-0.15, -0.1) is 0 Å². The highest BCUT2D eigenvalue weighted by molar-refractivity contribution is 5.96. The zero-order valence-corrected chi connectivity index (χ0v) is 19.2. The van der Waals surface area contributed by atoms with Crippen molar-refractivity contribution < 1.29 is 8.78 Å². The van der Waals surface area contributed by atoms with E-state index in [4.69, 9.17) is 0 Å². The third kappa shape index (κ3) is 3.38. The molecule has 1 aliphatic carbocycles. The fourth-order valence-electron chi connectivity index (χ4n) is 6.90. The monoisotopic (exact) mass is 460 g/mol. The molecule has 0 amide bonds. The lowest BCUT2D eigenvalue weighted by atomic mass is 9.91. The topological polar surface area (TPSA) is 55.6 Å². The van der Waals surface area contributed by atoms with Crippen molar-refractivity contribution in [2.24, 2.45) is 5.92 Å². The first-order valence-electron chi connectivity index (χ1n) is 12.7. The van der Waals surface area contributed by atoms with E-state index < -0.39 is 0 Å². The molecule has 4 nitrogen and oxygen atoms in total. The predicted molar refractivity (Wildman–Crippen MR) is 132 cm³/mol. The van der Waals surface area contributed by atoms with Gasteiger partial charge in [0.15, 0.2) is 0 Å². The molecule has 6 heteroatoms. The maximum absolute atomic E-state index is 14.2. The van der Waals surface area contributed by atoms with Gasteiger partial charge < -0.3 is 20.6 Å². The van der Waals surface area contributed by atoms with E-state index in [-0.39, 0.29) is 11.6 Å². The van der Waals surface area contributed by atoms with E-state index in [1.54, 1.807) is 24.3 Å². The Labute approximate surface area is 197 Å². The number of aromatic amines is 2. The van der Waals surface area contributed by atoms with Crippen LogP contribution in [0.25, 0.3) is 33.2 Å². The van der Waals surface area contributed by atoms with E-state index in [1.165, 1.54) is 36.8 Å². The highest BCUT2D eigenvalue weighted by Gasteiger charge is 2.39. The summed E-state index contributed by atoms with van der Waals surface area (Å²) < 4.78 is 28.3. The predicted octanol–water partition coefficient (Wildman–Crippen LogP) is 5.57. The van der Waals surface area contributed by atoms with Crippen LogP contribution in [-0.4, -0.2) is 34.6 Å². The van der Waals surface area contributed by atoms with Crippen LogP contribution in [0.3, 0.4) is 0 Å². The van der Waals surface area contributed by atoms with Crippen molar-refractivity contribution in [3.8, 4) is 11.4 Å². The van der Waals surface area contributed by atoms with Gasteiger partial charge in [-0.05, 0) is 105 Å². The zero-order chi connectivity index (χ0) is 22.8. The minimum atomic E-state index is -0.240. The summed E-state index contributed by atoms with van der Waals surface area (Å²) in [6.07, 6.45) is 7.96. The molecule has 34 heavy (non-hydrogen) atoms. The van der Waals surface area contributed by atoms with Gasteiger partial charge in [0.2, 0.25) is 0 Å². The Morgan fingerprint density at radius 2 is 1.47 bits per heavy atom. The van der Waals surface area contributed by atoms with Gasteiger partial charge in [0.25, 0.3) is 0 Å². The Bertz CT molecular complexity index is 1380. The number of rotatable bonds is 5. The van der Waals surface area contributed by atoms with Gasteiger partial charge in [-0.1, -0.05) is 0 Å². The molecule has 4 N–H and O–H groups in total. The van der Waals surface area contributed by atoms with E-state index >= 15 is 0 Å². The Balaban J connectivity index is 1.40. The van der Waals surface area contributed by atoms with Crippen molar-refractivity contribution >= 4 is 21.8 Å². The molecule has 2 bridgehead atoms. The van der Waals surface area contributed by atoms with Crippen molar-refractivity contribution in [2.45, 2.75) is 63.1 Å². The quantitative estimate of drug-likeness (QED) is 0.315. The molecule has 7 rings (SSSR count). The van der Waals surface area contributed by atoms with Gasteiger partial charge >= 0.3 is 0 Å². The first-order chi connectivity index (χ1) is 16.6. The molecule has 0 spiro atoms. The van der Waals surface area contributed by atoms with Crippen LogP contribution in [0.15, 0.2) is 36.4 Å². The highest BCUT2D eigenvalue weighted by Crippen LogP contribution is 2.41. The summed E-state index contributed by atoms with van der Waals surface area (Å²) in [5.41, 5.74) is 6.12. The second kappa shape index (κ2) is 7.92. The van der Waals surface area contributed by atoms with Gasteiger partial charge in [0.05, 0.1) is 11.4 Å². The lowest BCUT2D eigenvalue weighted by Crippen LogP contribution is -2.37. The number of hydrogen-bond acceptors (Lipinski definition) is 2. The summed E-state index contributed by atoms with van der Waals surface area (Å²) in [5, 5.41) is 9.60. The molecule has 2 saturated heterocycles. The number of piperidine rings is 1. The van der Waals surface area contributed by atoms with Crippen LogP contribution in [0, 0.1) is 17.6 Å². The van der Waals surface area contributed by atoms with E-state index in [2.05, 4.69) is 20.6 Å². The molecule has 4 atom stereocenters. The van der Waals surface area contributed by atoms with E-state index in [9.17, 15) is 8.78 Å². The van der Waals surface area contributed by atoms with Crippen LogP contribution in [0.4, 0.5) is 8.78 Å². The van der Waals surface area contributed by atoms with Crippen molar-refractivity contribution in [3.05, 3.63) is 59.2 Å². The van der Waals surface area contributed by atoms with E-state index in [0.717, 1.165) is 59.0 Å². The van der Waals surface area contributed by atoms with Crippen LogP contribution < -0.4 is 10.6 Å². The fourth-order valence-corrected chi connectivity index (χ4v) is 6.90. The van der Waals surface area contributed by atoms with Crippen LogP contribution in [0.2, 0.25) is 0 Å². The Morgan fingerprint density at radius 3 is 2.03 bits per heavy atom. The fraction of sp³-hybridized carbons (Fsp3) is 0.429. The molecule has 0 unspecified atom stereocenters. The lowest BCUT2D eigenvalue weighted by molar-refractivity contribution is 0.380. The highest BCUT2D eigenvalue weighted by atomic mass is 19.1. The number of aromatic nitrogens is 2. The molecule has 0 radical (unpaired) electrons. The van der Waals surface area contributed by atoms with Crippen molar-refractivity contribution in [2.75, 3.05) is 6.54 Å². The standard InChI is InChI=1S/C28H30F2N4/c29-16-4-7-20-22(13-18-2-1-9-31-18)27(33-25(20)11-16)28-23(14-24-15-3-6-19(10-15)32-24)21-8-5-17(30)12-26(21)34-28/h4-5,7-8,11-12,15,18-19,24,31-34H,1-3,6,9-10,13-14H2/t15-,18-,19+,24+/m0/s1. The maximum atomic E-state index is 14.2.